The average molecular weight is 260 g/mol. The summed E-state index contributed by atoms with van der Waals surface area (Å²) >= 11 is 3.38. The zero-order valence-electron chi connectivity index (χ0n) is 8.42. The number of hydrogen-bond acceptors (Lipinski definition) is 3. The molecular weight excluding hydrogens is 246 g/mol. The average Bonchev–Trinajstić information content (AvgIpc) is 2.20. The minimum Gasteiger partial charge on any atom is -0.489 e. The number of pyridine rings is 1. The van der Waals surface area contributed by atoms with Crippen molar-refractivity contribution in [2.24, 2.45) is 0 Å². The number of hydrogen-bond donors (Lipinski definition) is 0. The van der Waals surface area contributed by atoms with Gasteiger partial charge in [0.25, 0.3) is 0 Å². The van der Waals surface area contributed by atoms with Crippen LogP contribution in [-0.2, 0) is 10.1 Å². The molecule has 78 valence electrons. The highest BCUT2D eigenvalue weighted by Crippen LogP contribution is 2.19. The second-order valence-electron chi connectivity index (χ2n) is 2.87. The predicted octanol–water partition coefficient (Wildman–Crippen LogP) is 2.31. The van der Waals surface area contributed by atoms with Gasteiger partial charge >= 0.3 is 0 Å². The molecule has 0 aliphatic heterocycles. The fourth-order valence-electron chi connectivity index (χ4n) is 1.06. The van der Waals surface area contributed by atoms with Crippen LogP contribution in [0.1, 0.15) is 11.4 Å². The summed E-state index contributed by atoms with van der Waals surface area (Å²) < 4.78 is 10.4. The Morgan fingerprint density at radius 3 is 2.79 bits per heavy atom. The van der Waals surface area contributed by atoms with Crippen LogP contribution < -0.4 is 4.74 Å². The smallest absolute Gasteiger partial charge is 0.141 e. The van der Waals surface area contributed by atoms with Crippen LogP contribution in [0.3, 0.4) is 0 Å². The van der Waals surface area contributed by atoms with Crippen LogP contribution in [-0.4, -0.2) is 25.3 Å². The number of aromatic nitrogens is 1. The molecule has 0 radical (unpaired) electrons. The van der Waals surface area contributed by atoms with Gasteiger partial charge in [-0.25, -0.2) is 0 Å². The molecule has 1 rings (SSSR count). The molecule has 0 unspecified atom stereocenters. The fraction of sp³-hybridized carbons (Fsp3) is 0.500. The standard InChI is InChI=1S/C10H14BrNO2/c1-8-3-4-10(9(7-11)12-8)14-6-5-13-2/h3-4H,5-7H2,1-2H3. The van der Waals surface area contributed by atoms with Gasteiger partial charge in [-0.1, -0.05) is 15.9 Å². The number of ether oxygens (including phenoxy) is 2. The van der Waals surface area contributed by atoms with E-state index in [0.29, 0.717) is 18.5 Å². The maximum absolute atomic E-state index is 5.51. The molecule has 4 heteroatoms. The second-order valence-corrected chi connectivity index (χ2v) is 3.43. The Balaban J connectivity index is 2.65. The van der Waals surface area contributed by atoms with E-state index in [-0.39, 0.29) is 0 Å². The highest BCUT2D eigenvalue weighted by molar-refractivity contribution is 9.08. The Labute approximate surface area is 92.6 Å². The minimum absolute atomic E-state index is 0.557. The molecule has 0 fully saturated rings. The van der Waals surface area contributed by atoms with Gasteiger partial charge in [-0.05, 0) is 19.1 Å². The summed E-state index contributed by atoms with van der Waals surface area (Å²) in [6.07, 6.45) is 0. The van der Waals surface area contributed by atoms with E-state index in [1.54, 1.807) is 7.11 Å². The van der Waals surface area contributed by atoms with Gasteiger partial charge in [0.15, 0.2) is 0 Å². The largest absolute Gasteiger partial charge is 0.489 e. The maximum Gasteiger partial charge on any atom is 0.141 e. The normalized spacial score (nSPS) is 10.2. The molecule has 0 saturated heterocycles. The maximum atomic E-state index is 5.51. The van der Waals surface area contributed by atoms with Crippen molar-refractivity contribution in [2.75, 3.05) is 20.3 Å². The van der Waals surface area contributed by atoms with Gasteiger partial charge in [0, 0.05) is 18.1 Å². The van der Waals surface area contributed by atoms with E-state index in [1.807, 2.05) is 19.1 Å². The Kier molecular flexibility index (Phi) is 4.90. The van der Waals surface area contributed by atoms with Gasteiger partial charge in [0.1, 0.15) is 12.4 Å². The van der Waals surface area contributed by atoms with Crippen molar-refractivity contribution < 1.29 is 9.47 Å². The Bertz CT molecular complexity index is 291. The first-order valence-corrected chi connectivity index (χ1v) is 5.54. The van der Waals surface area contributed by atoms with Crippen molar-refractivity contribution >= 4 is 15.9 Å². The molecule has 3 nitrogen and oxygen atoms in total. The van der Waals surface area contributed by atoms with Crippen LogP contribution >= 0.6 is 15.9 Å². The molecule has 0 amide bonds. The monoisotopic (exact) mass is 259 g/mol. The van der Waals surface area contributed by atoms with Gasteiger partial charge in [0.05, 0.1) is 12.3 Å². The summed E-state index contributed by atoms with van der Waals surface area (Å²) in [6.45, 7) is 3.11. The van der Waals surface area contributed by atoms with Gasteiger partial charge in [-0.3, -0.25) is 4.98 Å². The van der Waals surface area contributed by atoms with E-state index in [9.17, 15) is 0 Å². The van der Waals surface area contributed by atoms with Gasteiger partial charge < -0.3 is 9.47 Å². The summed E-state index contributed by atoms with van der Waals surface area (Å²) in [6, 6.07) is 3.88. The fourth-order valence-corrected chi connectivity index (χ4v) is 1.46. The number of nitrogens with zero attached hydrogens (tertiary/aromatic N) is 1. The van der Waals surface area contributed by atoms with Crippen LogP contribution in [0.2, 0.25) is 0 Å². The molecule has 0 aliphatic carbocycles. The molecule has 0 aromatic carbocycles. The Hall–Kier alpha value is -0.610. The molecule has 14 heavy (non-hydrogen) atoms. The molecule has 0 atom stereocenters. The lowest BCUT2D eigenvalue weighted by atomic mass is 10.3. The van der Waals surface area contributed by atoms with Crippen molar-refractivity contribution in [3.63, 3.8) is 0 Å². The van der Waals surface area contributed by atoms with E-state index < -0.39 is 0 Å². The van der Waals surface area contributed by atoms with E-state index in [1.165, 1.54) is 0 Å². The van der Waals surface area contributed by atoms with E-state index in [0.717, 1.165) is 17.1 Å². The van der Waals surface area contributed by atoms with Crippen molar-refractivity contribution in [3.8, 4) is 5.75 Å². The Morgan fingerprint density at radius 2 is 2.14 bits per heavy atom. The molecule has 0 N–H and O–H groups in total. The van der Waals surface area contributed by atoms with Crippen molar-refractivity contribution in [1.82, 2.24) is 4.98 Å². The molecule has 1 aromatic heterocycles. The summed E-state index contributed by atoms with van der Waals surface area (Å²) in [4.78, 5) is 4.36. The summed E-state index contributed by atoms with van der Waals surface area (Å²) in [5, 5.41) is 0.705. The zero-order chi connectivity index (χ0) is 10.4. The first-order valence-electron chi connectivity index (χ1n) is 4.42. The highest BCUT2D eigenvalue weighted by atomic mass is 79.9. The van der Waals surface area contributed by atoms with Crippen LogP contribution in [0.25, 0.3) is 0 Å². The van der Waals surface area contributed by atoms with Crippen LogP contribution in [0.15, 0.2) is 12.1 Å². The molecule has 0 spiro atoms. The third-order valence-electron chi connectivity index (χ3n) is 1.74. The number of methoxy groups -OCH3 is 1. The third kappa shape index (κ3) is 3.27. The number of aryl methyl sites for hydroxylation is 1. The zero-order valence-corrected chi connectivity index (χ0v) is 10.0. The quantitative estimate of drug-likeness (QED) is 0.601. The molecule has 0 bridgehead atoms. The predicted molar refractivity (Wildman–Crippen MR) is 59.0 cm³/mol. The van der Waals surface area contributed by atoms with Crippen LogP contribution in [0.5, 0.6) is 5.75 Å². The lowest BCUT2D eigenvalue weighted by molar-refractivity contribution is 0.145. The van der Waals surface area contributed by atoms with E-state index >= 15 is 0 Å². The molecular formula is C10H14BrNO2. The van der Waals surface area contributed by atoms with Gasteiger partial charge in [-0.2, -0.15) is 0 Å². The van der Waals surface area contributed by atoms with Crippen molar-refractivity contribution in [1.29, 1.82) is 0 Å². The third-order valence-corrected chi connectivity index (χ3v) is 2.27. The van der Waals surface area contributed by atoms with Gasteiger partial charge in [-0.15, -0.1) is 0 Å². The first kappa shape index (κ1) is 11.5. The summed E-state index contributed by atoms with van der Waals surface area (Å²) in [5.41, 5.74) is 1.93. The topological polar surface area (TPSA) is 31.4 Å². The SMILES string of the molecule is COCCOc1ccc(C)nc1CBr. The minimum atomic E-state index is 0.557. The molecule has 0 saturated carbocycles. The molecule has 1 aromatic rings. The number of alkyl halides is 1. The van der Waals surface area contributed by atoms with Gasteiger partial charge in [0.2, 0.25) is 0 Å². The summed E-state index contributed by atoms with van der Waals surface area (Å²) in [5.74, 6) is 0.824. The van der Waals surface area contributed by atoms with E-state index in [2.05, 4.69) is 20.9 Å². The van der Waals surface area contributed by atoms with Crippen LogP contribution in [0.4, 0.5) is 0 Å². The summed E-state index contributed by atoms with van der Waals surface area (Å²) in [7, 11) is 1.65. The first-order chi connectivity index (χ1) is 6.77. The second kappa shape index (κ2) is 5.98. The molecule has 0 aliphatic rings. The Morgan fingerprint density at radius 1 is 1.36 bits per heavy atom. The van der Waals surface area contributed by atoms with E-state index in [4.69, 9.17) is 9.47 Å². The number of halogens is 1. The van der Waals surface area contributed by atoms with Crippen LogP contribution in [0, 0.1) is 6.92 Å². The lowest BCUT2D eigenvalue weighted by Gasteiger charge is -2.09. The highest BCUT2D eigenvalue weighted by Gasteiger charge is 2.03. The number of rotatable bonds is 5. The lowest BCUT2D eigenvalue weighted by Crippen LogP contribution is -2.06. The van der Waals surface area contributed by atoms with Crippen molar-refractivity contribution in [2.45, 2.75) is 12.3 Å². The van der Waals surface area contributed by atoms with Crippen molar-refractivity contribution in [3.05, 3.63) is 23.5 Å². The molecule has 1 heterocycles.